The summed E-state index contributed by atoms with van der Waals surface area (Å²) in [6, 6.07) is 20.2. The van der Waals surface area contributed by atoms with Crippen LogP contribution in [-0.2, 0) is 24.9 Å². The second-order valence-electron chi connectivity index (χ2n) is 9.45. The average molecular weight is 490 g/mol. The molecular weight excluding hydrogens is 462 g/mol. The van der Waals surface area contributed by atoms with E-state index >= 15 is 0 Å². The zero-order valence-electron chi connectivity index (χ0n) is 20.9. The van der Waals surface area contributed by atoms with Crippen LogP contribution in [0.25, 0.3) is 32.8 Å². The molecule has 2 aromatic heterocycles. The first-order valence-electron chi connectivity index (χ1n) is 12.5. The van der Waals surface area contributed by atoms with Gasteiger partial charge in [-0.2, -0.15) is 5.10 Å². The molecule has 0 spiro atoms. The van der Waals surface area contributed by atoms with Gasteiger partial charge in [-0.25, -0.2) is 4.79 Å². The largest absolute Gasteiger partial charge is 0.477 e. The van der Waals surface area contributed by atoms with E-state index in [1.54, 1.807) is 0 Å². The summed E-state index contributed by atoms with van der Waals surface area (Å²) in [7, 11) is 1.93. The summed E-state index contributed by atoms with van der Waals surface area (Å²) in [6.07, 6.45) is 1.64. The molecule has 0 saturated carbocycles. The van der Waals surface area contributed by atoms with Gasteiger partial charge >= 0.3 is 5.97 Å². The minimum atomic E-state index is -0.973. The van der Waals surface area contributed by atoms with Crippen LogP contribution in [0.5, 0.6) is 0 Å². The number of carboxylic acid groups (broad SMARTS) is 1. The van der Waals surface area contributed by atoms with Crippen molar-refractivity contribution in [3.8, 4) is 23.0 Å². The van der Waals surface area contributed by atoms with Crippen LogP contribution < -0.4 is 0 Å². The molecule has 0 saturated heterocycles. The van der Waals surface area contributed by atoms with Crippen LogP contribution in [0.15, 0.2) is 60.7 Å². The van der Waals surface area contributed by atoms with Crippen molar-refractivity contribution < 1.29 is 14.6 Å². The van der Waals surface area contributed by atoms with Gasteiger partial charge in [0.1, 0.15) is 5.69 Å². The summed E-state index contributed by atoms with van der Waals surface area (Å²) >= 11 is 0. The lowest BCUT2D eigenvalue weighted by Gasteiger charge is -2.11. The first-order valence-corrected chi connectivity index (χ1v) is 12.5. The van der Waals surface area contributed by atoms with Crippen LogP contribution >= 0.6 is 0 Å². The highest BCUT2D eigenvalue weighted by Gasteiger charge is 2.26. The number of fused-ring (bicyclic) bond motifs is 3. The van der Waals surface area contributed by atoms with Crippen LogP contribution in [0.1, 0.15) is 45.8 Å². The summed E-state index contributed by atoms with van der Waals surface area (Å²) in [5.74, 6) is 5.62. The SMILES string of the molecule is Cc1c2c(nn1C)COCCCCn1c(C(=O)O)c(C#Cc3cccc4ccccc34)c3cccc-2c31. The van der Waals surface area contributed by atoms with Gasteiger partial charge in [-0.15, -0.1) is 0 Å². The van der Waals surface area contributed by atoms with Crippen LogP contribution in [0.3, 0.4) is 0 Å². The van der Waals surface area contributed by atoms with E-state index in [2.05, 4.69) is 30.0 Å². The fourth-order valence-electron chi connectivity index (χ4n) is 5.42. The van der Waals surface area contributed by atoms with E-state index in [1.165, 1.54) is 0 Å². The van der Waals surface area contributed by atoms with Gasteiger partial charge in [0.15, 0.2) is 0 Å². The molecule has 1 aliphatic heterocycles. The molecule has 3 heterocycles. The molecule has 0 unspecified atom stereocenters. The molecule has 0 radical (unpaired) electrons. The highest BCUT2D eigenvalue weighted by Crippen LogP contribution is 2.38. The van der Waals surface area contributed by atoms with Gasteiger partial charge in [-0.3, -0.25) is 4.68 Å². The zero-order chi connectivity index (χ0) is 25.5. The number of carboxylic acids is 1. The van der Waals surface area contributed by atoms with Crippen LogP contribution in [0.4, 0.5) is 0 Å². The maximum Gasteiger partial charge on any atom is 0.353 e. The number of nitrogens with zero attached hydrogens (tertiary/aromatic N) is 3. The van der Waals surface area contributed by atoms with Crippen molar-refractivity contribution in [3.05, 3.63) is 88.9 Å². The lowest BCUT2D eigenvalue weighted by atomic mass is 9.99. The van der Waals surface area contributed by atoms with Gasteiger partial charge < -0.3 is 14.4 Å². The normalized spacial score (nSPS) is 13.6. The Labute approximate surface area is 215 Å². The average Bonchev–Trinajstić information content (AvgIpc) is 3.36. The number of aryl methyl sites for hydroxylation is 2. The number of ether oxygens (including phenoxy) is 1. The van der Waals surface area contributed by atoms with Crippen molar-refractivity contribution in [1.29, 1.82) is 0 Å². The maximum absolute atomic E-state index is 12.7. The topological polar surface area (TPSA) is 69.3 Å². The van der Waals surface area contributed by atoms with Gasteiger partial charge in [0, 0.05) is 48.0 Å². The molecule has 3 aromatic carbocycles. The van der Waals surface area contributed by atoms with E-state index < -0.39 is 5.97 Å². The van der Waals surface area contributed by atoms with E-state index in [0.717, 1.165) is 62.6 Å². The molecule has 1 N–H and O–H groups in total. The number of aromatic carboxylic acids is 1. The van der Waals surface area contributed by atoms with Crippen molar-refractivity contribution in [2.45, 2.75) is 32.9 Å². The van der Waals surface area contributed by atoms with Crippen molar-refractivity contribution in [3.63, 3.8) is 0 Å². The predicted octanol–water partition coefficient (Wildman–Crippen LogP) is 5.91. The Morgan fingerprint density at radius 1 is 1.00 bits per heavy atom. The summed E-state index contributed by atoms with van der Waals surface area (Å²) in [5, 5.41) is 18.2. The minimum absolute atomic E-state index is 0.235. The molecule has 37 heavy (non-hydrogen) atoms. The number of benzene rings is 3. The van der Waals surface area contributed by atoms with Gasteiger partial charge in [0.25, 0.3) is 0 Å². The third-order valence-corrected chi connectivity index (χ3v) is 7.23. The highest BCUT2D eigenvalue weighted by atomic mass is 16.5. The van der Waals surface area contributed by atoms with E-state index in [-0.39, 0.29) is 5.69 Å². The molecule has 5 aromatic rings. The number of carbonyl (C=O) groups is 1. The van der Waals surface area contributed by atoms with Crippen LogP contribution in [0.2, 0.25) is 0 Å². The zero-order valence-corrected chi connectivity index (χ0v) is 20.9. The van der Waals surface area contributed by atoms with E-state index in [4.69, 9.17) is 9.84 Å². The van der Waals surface area contributed by atoms with Gasteiger partial charge in [0.2, 0.25) is 0 Å². The molecule has 0 bridgehead atoms. The Balaban J connectivity index is 1.66. The standard InChI is InChI=1S/C31H27N3O3/c1-20-28-26-14-8-13-24-25(16-15-22-11-7-10-21-9-3-4-12-23(21)22)30(31(35)36)34(29(24)26)17-5-6-18-37-19-27(28)32-33(20)2/h3-4,7-14H,5-6,17-19H2,1-2H3,(H,35,36). The van der Waals surface area contributed by atoms with Crippen LogP contribution in [-0.4, -0.2) is 32.0 Å². The Bertz CT molecular complexity index is 1740. The minimum Gasteiger partial charge on any atom is -0.477 e. The third-order valence-electron chi connectivity index (χ3n) is 7.23. The molecule has 0 amide bonds. The van der Waals surface area contributed by atoms with Crippen molar-refractivity contribution in [2.24, 2.45) is 7.05 Å². The lowest BCUT2D eigenvalue weighted by molar-refractivity contribution is 0.0685. The van der Waals surface area contributed by atoms with Crippen molar-refractivity contribution in [1.82, 2.24) is 14.3 Å². The fraction of sp³-hybridized carbons (Fsp3) is 0.226. The Hall–Kier alpha value is -4.34. The smallest absolute Gasteiger partial charge is 0.353 e. The molecular formula is C31H27N3O3. The number of aromatic nitrogens is 3. The molecule has 184 valence electrons. The predicted molar refractivity (Wildman–Crippen MR) is 145 cm³/mol. The second kappa shape index (κ2) is 9.27. The molecule has 1 aliphatic rings. The Morgan fingerprint density at radius 2 is 1.78 bits per heavy atom. The Kier molecular flexibility index (Phi) is 5.78. The quantitative estimate of drug-likeness (QED) is 0.297. The van der Waals surface area contributed by atoms with E-state index in [1.807, 2.05) is 65.7 Å². The molecule has 6 nitrogen and oxygen atoms in total. The van der Waals surface area contributed by atoms with Crippen molar-refractivity contribution in [2.75, 3.05) is 6.61 Å². The highest BCUT2D eigenvalue weighted by molar-refractivity contribution is 6.06. The van der Waals surface area contributed by atoms with Gasteiger partial charge in [-0.1, -0.05) is 66.4 Å². The summed E-state index contributed by atoms with van der Waals surface area (Å²) in [6.45, 7) is 3.64. The fourth-order valence-corrected chi connectivity index (χ4v) is 5.42. The molecule has 0 fully saturated rings. The summed E-state index contributed by atoms with van der Waals surface area (Å²) in [5.41, 5.74) is 6.39. The van der Waals surface area contributed by atoms with Gasteiger partial charge in [-0.05, 0) is 36.6 Å². The Morgan fingerprint density at radius 3 is 2.65 bits per heavy atom. The van der Waals surface area contributed by atoms with Crippen molar-refractivity contribution >= 4 is 27.6 Å². The number of rotatable bonds is 1. The number of hydrogen-bond acceptors (Lipinski definition) is 3. The molecule has 6 rings (SSSR count). The molecule has 6 heteroatoms. The molecule has 0 atom stereocenters. The second-order valence-corrected chi connectivity index (χ2v) is 9.45. The third kappa shape index (κ3) is 3.89. The summed E-state index contributed by atoms with van der Waals surface area (Å²) < 4.78 is 9.74. The first kappa shape index (κ1) is 23.1. The van der Waals surface area contributed by atoms with E-state index in [0.29, 0.717) is 25.3 Å². The molecule has 0 aliphatic carbocycles. The number of para-hydroxylation sites is 1. The lowest BCUT2D eigenvalue weighted by Crippen LogP contribution is -2.11. The van der Waals surface area contributed by atoms with Crippen LogP contribution in [0, 0.1) is 18.8 Å². The summed E-state index contributed by atoms with van der Waals surface area (Å²) in [4.78, 5) is 12.7. The first-order chi connectivity index (χ1) is 18.0. The van der Waals surface area contributed by atoms with E-state index in [9.17, 15) is 9.90 Å². The monoisotopic (exact) mass is 489 g/mol. The number of hydrogen-bond donors (Lipinski definition) is 1. The van der Waals surface area contributed by atoms with Gasteiger partial charge in [0.05, 0.1) is 23.4 Å². The maximum atomic E-state index is 12.7.